The lowest BCUT2D eigenvalue weighted by Crippen LogP contribution is -1.97. The minimum atomic E-state index is 0.638. The van der Waals surface area contributed by atoms with Gasteiger partial charge in [-0.1, -0.05) is 11.2 Å². The van der Waals surface area contributed by atoms with Gasteiger partial charge in [0.1, 0.15) is 5.75 Å². The highest BCUT2D eigenvalue weighted by molar-refractivity contribution is 9.10. The highest BCUT2D eigenvalue weighted by Crippen LogP contribution is 2.25. The van der Waals surface area contributed by atoms with Crippen LogP contribution in [0.5, 0.6) is 5.75 Å². The number of halogens is 1. The number of nitrogens with zero attached hydrogens (tertiary/aromatic N) is 1. The van der Waals surface area contributed by atoms with Crippen molar-refractivity contribution in [3.05, 3.63) is 28.2 Å². The van der Waals surface area contributed by atoms with Gasteiger partial charge in [-0.25, -0.2) is 0 Å². The summed E-state index contributed by atoms with van der Waals surface area (Å²) in [6, 6.07) is 5.77. The van der Waals surface area contributed by atoms with Gasteiger partial charge < -0.3 is 9.94 Å². The molecule has 0 aliphatic heterocycles. The second-order valence-corrected chi connectivity index (χ2v) is 3.84. The highest BCUT2D eigenvalue weighted by atomic mass is 79.9. The summed E-state index contributed by atoms with van der Waals surface area (Å²) in [7, 11) is 1.63. The molecule has 4 heteroatoms. The van der Waals surface area contributed by atoms with Crippen molar-refractivity contribution >= 4 is 21.6 Å². The highest BCUT2D eigenvalue weighted by Gasteiger charge is 2.02. The van der Waals surface area contributed by atoms with Crippen LogP contribution in [-0.4, -0.2) is 18.0 Å². The lowest BCUT2D eigenvalue weighted by Gasteiger charge is -2.05. The first-order valence-electron chi connectivity index (χ1n) is 4.17. The predicted molar refractivity (Wildman–Crippen MR) is 59.3 cm³/mol. The zero-order chi connectivity index (χ0) is 10.6. The number of hydrogen-bond donors (Lipinski definition) is 1. The minimum absolute atomic E-state index is 0.638. The van der Waals surface area contributed by atoms with Crippen LogP contribution in [0.2, 0.25) is 0 Å². The molecule has 0 atom stereocenters. The van der Waals surface area contributed by atoms with E-state index in [1.54, 1.807) is 14.0 Å². The average Bonchev–Trinajstić information content (AvgIpc) is 2.18. The molecule has 1 rings (SSSR count). The first-order chi connectivity index (χ1) is 6.67. The Morgan fingerprint density at radius 1 is 1.57 bits per heavy atom. The molecule has 76 valence electrons. The van der Waals surface area contributed by atoms with E-state index in [1.807, 2.05) is 18.2 Å². The Balaban J connectivity index is 2.86. The fourth-order valence-electron chi connectivity index (χ4n) is 1.15. The van der Waals surface area contributed by atoms with Crippen molar-refractivity contribution < 1.29 is 9.94 Å². The third kappa shape index (κ3) is 2.73. The van der Waals surface area contributed by atoms with Crippen LogP contribution in [0.15, 0.2) is 27.8 Å². The van der Waals surface area contributed by atoms with E-state index in [-0.39, 0.29) is 0 Å². The van der Waals surface area contributed by atoms with Gasteiger partial charge in [0.15, 0.2) is 0 Å². The van der Waals surface area contributed by atoms with E-state index in [1.165, 1.54) is 0 Å². The minimum Gasteiger partial charge on any atom is -0.496 e. The molecule has 14 heavy (non-hydrogen) atoms. The molecule has 0 unspecified atom stereocenters. The Morgan fingerprint density at radius 3 is 2.79 bits per heavy atom. The number of ether oxygens (including phenoxy) is 1. The van der Waals surface area contributed by atoms with Gasteiger partial charge in [0.2, 0.25) is 0 Å². The number of oxime groups is 1. The maximum absolute atomic E-state index is 8.52. The van der Waals surface area contributed by atoms with E-state index in [2.05, 4.69) is 21.1 Å². The van der Waals surface area contributed by atoms with E-state index in [0.717, 1.165) is 15.8 Å². The van der Waals surface area contributed by atoms with Gasteiger partial charge >= 0.3 is 0 Å². The van der Waals surface area contributed by atoms with E-state index in [9.17, 15) is 0 Å². The van der Waals surface area contributed by atoms with E-state index >= 15 is 0 Å². The van der Waals surface area contributed by atoms with Gasteiger partial charge in [-0.05, 0) is 40.5 Å². The molecule has 0 bridgehead atoms. The first kappa shape index (κ1) is 11.0. The van der Waals surface area contributed by atoms with Crippen LogP contribution in [0, 0.1) is 0 Å². The Bertz CT molecular complexity index is 350. The van der Waals surface area contributed by atoms with E-state index in [4.69, 9.17) is 9.94 Å². The largest absolute Gasteiger partial charge is 0.496 e. The molecule has 0 radical (unpaired) electrons. The Labute approximate surface area is 91.5 Å². The summed E-state index contributed by atoms with van der Waals surface area (Å²) in [5.74, 6) is 0.798. The van der Waals surface area contributed by atoms with Crippen molar-refractivity contribution in [3.63, 3.8) is 0 Å². The van der Waals surface area contributed by atoms with Crippen molar-refractivity contribution in [1.82, 2.24) is 0 Å². The fraction of sp³-hybridized carbons (Fsp3) is 0.300. The van der Waals surface area contributed by atoms with Gasteiger partial charge in [0, 0.05) is 6.42 Å². The molecule has 0 aliphatic rings. The van der Waals surface area contributed by atoms with Crippen LogP contribution in [0.4, 0.5) is 0 Å². The van der Waals surface area contributed by atoms with Crippen molar-refractivity contribution in [3.8, 4) is 5.75 Å². The molecule has 3 nitrogen and oxygen atoms in total. The lowest BCUT2D eigenvalue weighted by atomic mass is 10.1. The van der Waals surface area contributed by atoms with Crippen molar-refractivity contribution in [1.29, 1.82) is 0 Å². The van der Waals surface area contributed by atoms with Gasteiger partial charge in [0.05, 0.1) is 17.3 Å². The summed E-state index contributed by atoms with van der Waals surface area (Å²) < 4.78 is 6.01. The van der Waals surface area contributed by atoms with Crippen molar-refractivity contribution in [2.75, 3.05) is 7.11 Å². The Hall–Kier alpha value is -1.03. The van der Waals surface area contributed by atoms with Crippen LogP contribution in [0.1, 0.15) is 12.5 Å². The zero-order valence-electron chi connectivity index (χ0n) is 8.12. The zero-order valence-corrected chi connectivity index (χ0v) is 9.71. The standard InChI is InChI=1S/C10H12BrNO2/c1-7(12-13)5-8-3-4-10(14-2)9(11)6-8/h3-4,6,13H,5H2,1-2H3/b12-7+. The molecule has 0 saturated heterocycles. The van der Waals surface area contributed by atoms with Gasteiger partial charge in [0.25, 0.3) is 0 Å². The topological polar surface area (TPSA) is 41.8 Å². The summed E-state index contributed by atoms with van der Waals surface area (Å²) in [5, 5.41) is 11.6. The van der Waals surface area contributed by atoms with Crippen LogP contribution in [-0.2, 0) is 6.42 Å². The van der Waals surface area contributed by atoms with Crippen LogP contribution in [0.3, 0.4) is 0 Å². The van der Waals surface area contributed by atoms with E-state index in [0.29, 0.717) is 12.1 Å². The summed E-state index contributed by atoms with van der Waals surface area (Å²) >= 11 is 3.39. The van der Waals surface area contributed by atoms with Gasteiger partial charge in [-0.15, -0.1) is 0 Å². The molecule has 1 aromatic carbocycles. The number of hydrogen-bond acceptors (Lipinski definition) is 3. The molecular weight excluding hydrogens is 246 g/mol. The quantitative estimate of drug-likeness (QED) is 0.514. The molecule has 1 aromatic rings. The number of benzene rings is 1. The summed E-state index contributed by atoms with van der Waals surface area (Å²) in [4.78, 5) is 0. The maximum atomic E-state index is 8.52. The summed E-state index contributed by atoms with van der Waals surface area (Å²) in [5.41, 5.74) is 1.76. The molecule has 0 aromatic heterocycles. The molecule has 0 aliphatic carbocycles. The average molecular weight is 258 g/mol. The first-order valence-corrected chi connectivity index (χ1v) is 4.96. The predicted octanol–water partition coefficient (Wildman–Crippen LogP) is 2.85. The second-order valence-electron chi connectivity index (χ2n) is 2.98. The molecule has 1 N–H and O–H groups in total. The van der Waals surface area contributed by atoms with Gasteiger partial charge in [-0.3, -0.25) is 0 Å². The molecule has 0 fully saturated rings. The molecule has 0 amide bonds. The second kappa shape index (κ2) is 5.00. The van der Waals surface area contributed by atoms with E-state index < -0.39 is 0 Å². The molecular formula is C10H12BrNO2. The monoisotopic (exact) mass is 257 g/mol. The number of rotatable bonds is 3. The van der Waals surface area contributed by atoms with Crippen molar-refractivity contribution in [2.24, 2.45) is 5.16 Å². The molecule has 0 heterocycles. The molecule has 0 spiro atoms. The van der Waals surface area contributed by atoms with Crippen LogP contribution < -0.4 is 4.74 Å². The van der Waals surface area contributed by atoms with Crippen molar-refractivity contribution in [2.45, 2.75) is 13.3 Å². The maximum Gasteiger partial charge on any atom is 0.133 e. The fourth-order valence-corrected chi connectivity index (χ4v) is 1.74. The Morgan fingerprint density at radius 2 is 2.29 bits per heavy atom. The lowest BCUT2D eigenvalue weighted by molar-refractivity contribution is 0.317. The SMILES string of the molecule is COc1ccc(C/C(C)=N/O)cc1Br. The van der Waals surface area contributed by atoms with Crippen LogP contribution in [0.25, 0.3) is 0 Å². The Kier molecular flexibility index (Phi) is 3.95. The summed E-state index contributed by atoms with van der Waals surface area (Å²) in [6.07, 6.45) is 0.638. The van der Waals surface area contributed by atoms with Crippen LogP contribution >= 0.6 is 15.9 Å². The van der Waals surface area contributed by atoms with Gasteiger partial charge in [-0.2, -0.15) is 0 Å². The third-order valence-electron chi connectivity index (χ3n) is 1.85. The normalized spacial score (nSPS) is 11.5. The number of methoxy groups -OCH3 is 1. The third-order valence-corrected chi connectivity index (χ3v) is 2.47. The smallest absolute Gasteiger partial charge is 0.133 e. The molecule has 0 saturated carbocycles. The summed E-state index contributed by atoms with van der Waals surface area (Å²) in [6.45, 7) is 1.78.